The van der Waals surface area contributed by atoms with Crippen LogP contribution in [-0.4, -0.2) is 63.0 Å². The molecule has 1 heterocycles. The molecule has 0 bridgehead atoms. The zero-order valence-electron chi connectivity index (χ0n) is 15.7. The zero-order valence-corrected chi connectivity index (χ0v) is 19.6. The number of amidine groups is 1. The van der Waals surface area contributed by atoms with Crippen LogP contribution in [-0.2, 0) is 4.79 Å². The highest BCUT2D eigenvalue weighted by Gasteiger charge is 2.45. The molecule has 1 unspecified atom stereocenters. The van der Waals surface area contributed by atoms with Crippen LogP contribution >= 0.6 is 43.5 Å². The smallest absolute Gasteiger partial charge is 0.273 e. The molecule has 1 aromatic rings. The number of likely N-dealkylation sites (N-methyl/N-ethyl adjacent to an activating group) is 1. The van der Waals surface area contributed by atoms with Gasteiger partial charge in [0.2, 0.25) is 5.84 Å². The van der Waals surface area contributed by atoms with Crippen molar-refractivity contribution in [3.8, 4) is 0 Å². The lowest BCUT2D eigenvalue weighted by atomic mass is 10.2. The molecule has 0 N–H and O–H groups in total. The number of carbonyl (C=O) groups excluding carboxylic acids is 2. The molecule has 10 heteroatoms. The quantitative estimate of drug-likeness (QED) is 0.261. The molecule has 6 nitrogen and oxygen atoms in total. The Kier molecular flexibility index (Phi) is 8.16. The first kappa shape index (κ1) is 23.7. The van der Waals surface area contributed by atoms with Crippen molar-refractivity contribution >= 4 is 66.9 Å². The number of nitrogens with zero attached hydrogens (tertiary/aromatic N) is 4. The Balaban J connectivity index is 2.65. The lowest BCUT2D eigenvalue weighted by molar-refractivity contribution is -0.119. The fourth-order valence-corrected chi connectivity index (χ4v) is 3.69. The lowest BCUT2D eigenvalue weighted by Crippen LogP contribution is -2.48. The number of amides is 3. The molecule has 0 radical (unpaired) electrons. The molecular weight excluding hydrogens is 530 g/mol. The van der Waals surface area contributed by atoms with Gasteiger partial charge >= 0.3 is 6.03 Å². The van der Waals surface area contributed by atoms with Crippen molar-refractivity contribution in [1.29, 1.82) is 0 Å². The minimum Gasteiger partial charge on any atom is -0.273 e. The van der Waals surface area contributed by atoms with Crippen LogP contribution in [0.2, 0.25) is 0 Å². The van der Waals surface area contributed by atoms with E-state index < -0.39 is 27.2 Å². The van der Waals surface area contributed by atoms with Gasteiger partial charge in [-0.2, -0.15) is 0 Å². The Hall–Kier alpha value is -1.55. The van der Waals surface area contributed by atoms with Crippen molar-refractivity contribution in [1.82, 2.24) is 9.80 Å². The molecule has 0 spiro atoms. The highest BCUT2D eigenvalue weighted by molar-refractivity contribution is 9.25. The molecule has 1 aromatic carbocycles. The van der Waals surface area contributed by atoms with Crippen molar-refractivity contribution in [3.05, 3.63) is 55.4 Å². The van der Waals surface area contributed by atoms with Gasteiger partial charge in [-0.1, -0.05) is 56.1 Å². The fraction of sp³-hybridized carbons (Fsp3) is 0.316. The second kappa shape index (κ2) is 9.97. The second-order valence-corrected chi connectivity index (χ2v) is 10.3. The third-order valence-electron chi connectivity index (χ3n) is 4.15. The molecule has 3 amide bonds. The Morgan fingerprint density at radius 1 is 1.28 bits per heavy atom. The van der Waals surface area contributed by atoms with Crippen LogP contribution in [0.25, 0.3) is 0 Å². The average molecular weight is 551 g/mol. The maximum absolute atomic E-state index is 14.4. The summed E-state index contributed by atoms with van der Waals surface area (Å²) in [6.45, 7) is 8.29. The summed E-state index contributed by atoms with van der Waals surface area (Å²) in [5.41, 5.74) is -0.0627. The number of hydrogen-bond acceptors (Lipinski definition) is 4. The zero-order chi connectivity index (χ0) is 21.8. The highest BCUT2D eigenvalue weighted by Crippen LogP contribution is 2.37. The number of para-hydroxylation sites is 1. The van der Waals surface area contributed by atoms with Crippen LogP contribution in [0.3, 0.4) is 0 Å². The Bertz CT molecular complexity index is 839. The van der Waals surface area contributed by atoms with Gasteiger partial charge in [-0.3, -0.25) is 14.6 Å². The van der Waals surface area contributed by atoms with E-state index >= 15 is 0 Å². The van der Waals surface area contributed by atoms with Gasteiger partial charge in [0.15, 0.2) is 0 Å². The third kappa shape index (κ3) is 4.96. The van der Waals surface area contributed by atoms with Crippen LogP contribution < -0.4 is 4.90 Å². The molecule has 1 aliphatic heterocycles. The first-order valence-corrected chi connectivity index (χ1v) is 10.7. The number of imide groups is 1. The van der Waals surface area contributed by atoms with Crippen LogP contribution in [0, 0.1) is 5.82 Å². The van der Waals surface area contributed by atoms with Gasteiger partial charge in [0, 0.05) is 20.1 Å². The number of aliphatic imine (C=N–C) groups is 1. The van der Waals surface area contributed by atoms with Gasteiger partial charge in [-0.05, 0) is 12.1 Å². The predicted octanol–water partition coefficient (Wildman–Crippen LogP) is 4.35. The largest absolute Gasteiger partial charge is 0.337 e. The van der Waals surface area contributed by atoms with E-state index in [0.717, 1.165) is 9.80 Å². The summed E-state index contributed by atoms with van der Waals surface area (Å²) >= 11 is 13.1. The third-order valence-corrected chi connectivity index (χ3v) is 6.60. The number of rotatable bonds is 9. The SMILES string of the molecule is C=CCN(CC=C)C(/N=C1/C(=O)N(C)C(=O)N1c1ccccc1F)C(Br)(Br)CCl. The Morgan fingerprint density at radius 3 is 2.38 bits per heavy atom. The van der Waals surface area contributed by atoms with E-state index in [4.69, 9.17) is 11.6 Å². The number of halogens is 4. The molecule has 0 aliphatic carbocycles. The summed E-state index contributed by atoms with van der Waals surface area (Å²) in [6.07, 6.45) is 2.59. The van der Waals surface area contributed by atoms with Crippen molar-refractivity contribution in [2.24, 2.45) is 4.99 Å². The van der Waals surface area contributed by atoms with Crippen LogP contribution in [0.1, 0.15) is 0 Å². The fourth-order valence-electron chi connectivity index (χ4n) is 2.77. The molecule has 2 rings (SSSR count). The lowest BCUT2D eigenvalue weighted by Gasteiger charge is -2.35. The predicted molar refractivity (Wildman–Crippen MR) is 122 cm³/mol. The van der Waals surface area contributed by atoms with Gasteiger partial charge < -0.3 is 0 Å². The van der Waals surface area contributed by atoms with Gasteiger partial charge in [0.1, 0.15) is 15.2 Å². The minimum atomic E-state index is -0.939. The Labute approximate surface area is 190 Å². The molecule has 1 atom stereocenters. The maximum atomic E-state index is 14.4. The standard InChI is InChI=1S/C19H20Br2ClFN4O2/c1-4-10-26(11-5-2)17(19(20,21)12-22)24-15-16(28)25(3)18(29)27(15)14-9-7-6-8-13(14)23/h4-9,17H,1-2,10-12H2,3H3/b24-15-. The van der Waals surface area contributed by atoms with Gasteiger partial charge in [0.25, 0.3) is 5.91 Å². The molecule has 29 heavy (non-hydrogen) atoms. The summed E-state index contributed by atoms with van der Waals surface area (Å²) in [4.78, 5) is 33.7. The van der Waals surface area contributed by atoms with Crippen molar-refractivity contribution in [2.45, 2.75) is 9.40 Å². The van der Waals surface area contributed by atoms with E-state index in [1.54, 1.807) is 18.2 Å². The monoisotopic (exact) mass is 548 g/mol. The molecule has 0 saturated carbocycles. The number of anilines is 1. The number of hydrogen-bond donors (Lipinski definition) is 0. The molecule has 156 valence electrons. The number of alkyl halides is 3. The normalized spacial score (nSPS) is 17.4. The van der Waals surface area contributed by atoms with Crippen molar-refractivity contribution in [2.75, 3.05) is 30.9 Å². The van der Waals surface area contributed by atoms with Crippen LogP contribution in [0.4, 0.5) is 14.9 Å². The summed E-state index contributed by atoms with van der Waals surface area (Å²) < 4.78 is 13.5. The number of carbonyl (C=O) groups is 2. The summed E-state index contributed by atoms with van der Waals surface area (Å²) in [5.74, 6) is -1.43. The van der Waals surface area contributed by atoms with E-state index in [0.29, 0.717) is 13.1 Å². The van der Waals surface area contributed by atoms with Gasteiger partial charge in [0.05, 0.1) is 11.6 Å². The first-order valence-electron chi connectivity index (χ1n) is 8.53. The Morgan fingerprint density at radius 2 is 1.86 bits per heavy atom. The molecule has 1 saturated heterocycles. The highest BCUT2D eigenvalue weighted by atomic mass is 79.9. The van der Waals surface area contributed by atoms with Crippen molar-refractivity contribution in [3.63, 3.8) is 0 Å². The number of urea groups is 1. The second-order valence-electron chi connectivity index (χ2n) is 6.19. The van der Waals surface area contributed by atoms with Crippen LogP contribution in [0.15, 0.2) is 54.6 Å². The molecule has 1 fully saturated rings. The molecule has 1 aliphatic rings. The topological polar surface area (TPSA) is 56.2 Å². The summed E-state index contributed by atoms with van der Waals surface area (Å²) in [6, 6.07) is 4.99. The van der Waals surface area contributed by atoms with E-state index in [2.05, 4.69) is 50.0 Å². The van der Waals surface area contributed by atoms with E-state index in [1.165, 1.54) is 25.2 Å². The summed E-state index contributed by atoms with van der Waals surface area (Å²) in [5, 5.41) is 0. The van der Waals surface area contributed by atoms with Gasteiger partial charge in [-0.25, -0.2) is 19.1 Å². The van der Waals surface area contributed by atoms with E-state index in [9.17, 15) is 14.0 Å². The first-order chi connectivity index (χ1) is 13.7. The number of benzene rings is 1. The molecular formula is C19H20Br2ClFN4O2. The van der Waals surface area contributed by atoms with E-state index in [-0.39, 0.29) is 17.4 Å². The van der Waals surface area contributed by atoms with E-state index in [1.807, 2.05) is 4.90 Å². The minimum absolute atomic E-state index is 0.0627. The maximum Gasteiger partial charge on any atom is 0.337 e. The average Bonchev–Trinajstić information content (AvgIpc) is 2.90. The summed E-state index contributed by atoms with van der Waals surface area (Å²) in [7, 11) is 1.32. The van der Waals surface area contributed by atoms with Crippen molar-refractivity contribution < 1.29 is 14.0 Å². The van der Waals surface area contributed by atoms with Gasteiger partial charge in [-0.15, -0.1) is 24.8 Å². The van der Waals surface area contributed by atoms with Crippen LogP contribution in [0.5, 0.6) is 0 Å². The molecule has 0 aromatic heterocycles.